The van der Waals surface area contributed by atoms with Crippen LogP contribution in [0, 0.1) is 5.92 Å². The maximum atomic E-state index is 12.2. The van der Waals surface area contributed by atoms with E-state index in [1.165, 1.54) is 37.6 Å². The SMILES string of the molecule is CC(NS(=O)(=O)c1ccc(Cl)nc1)C1CCCCC1. The first-order chi connectivity index (χ1) is 8.99. The zero-order valence-electron chi connectivity index (χ0n) is 11.0. The first-order valence-electron chi connectivity index (χ1n) is 6.63. The number of pyridine rings is 1. The maximum Gasteiger partial charge on any atom is 0.242 e. The van der Waals surface area contributed by atoms with E-state index in [-0.39, 0.29) is 10.9 Å². The van der Waals surface area contributed by atoms with E-state index in [2.05, 4.69) is 9.71 Å². The zero-order chi connectivity index (χ0) is 13.9. The largest absolute Gasteiger partial charge is 0.243 e. The van der Waals surface area contributed by atoms with E-state index in [1.807, 2.05) is 6.92 Å². The fourth-order valence-corrected chi connectivity index (χ4v) is 3.93. The second kappa shape index (κ2) is 6.20. The molecule has 106 valence electrons. The van der Waals surface area contributed by atoms with Gasteiger partial charge >= 0.3 is 0 Å². The molecule has 1 aromatic rings. The van der Waals surface area contributed by atoms with Crippen LogP contribution in [0.2, 0.25) is 5.15 Å². The van der Waals surface area contributed by atoms with Gasteiger partial charge in [-0.1, -0.05) is 30.9 Å². The van der Waals surface area contributed by atoms with E-state index in [1.54, 1.807) is 0 Å². The first kappa shape index (κ1) is 14.8. The van der Waals surface area contributed by atoms with Crippen LogP contribution in [0.1, 0.15) is 39.0 Å². The van der Waals surface area contributed by atoms with Gasteiger partial charge in [-0.25, -0.2) is 18.1 Å². The fourth-order valence-electron chi connectivity index (χ4n) is 2.56. The Kier molecular flexibility index (Phi) is 4.81. The normalized spacial score (nSPS) is 19.3. The predicted octanol–water partition coefficient (Wildman–Crippen LogP) is 2.98. The molecule has 1 heterocycles. The number of halogens is 1. The second-order valence-electron chi connectivity index (χ2n) is 5.12. The summed E-state index contributed by atoms with van der Waals surface area (Å²) < 4.78 is 27.2. The van der Waals surface area contributed by atoms with Crippen LogP contribution < -0.4 is 4.72 Å². The highest BCUT2D eigenvalue weighted by Crippen LogP contribution is 2.27. The van der Waals surface area contributed by atoms with Gasteiger partial charge in [0.1, 0.15) is 10.0 Å². The molecule has 4 nitrogen and oxygen atoms in total. The van der Waals surface area contributed by atoms with Gasteiger partial charge in [-0.15, -0.1) is 0 Å². The minimum atomic E-state index is -3.50. The highest BCUT2D eigenvalue weighted by molar-refractivity contribution is 7.89. The van der Waals surface area contributed by atoms with Gasteiger partial charge in [0, 0.05) is 12.2 Å². The Hall–Kier alpha value is -0.650. The average molecular weight is 303 g/mol. The smallest absolute Gasteiger partial charge is 0.242 e. The van der Waals surface area contributed by atoms with Crippen molar-refractivity contribution in [3.63, 3.8) is 0 Å². The number of sulfonamides is 1. The summed E-state index contributed by atoms with van der Waals surface area (Å²) in [6.45, 7) is 1.94. The van der Waals surface area contributed by atoms with Gasteiger partial charge in [0.15, 0.2) is 0 Å². The van der Waals surface area contributed by atoms with Crippen LogP contribution in [0.5, 0.6) is 0 Å². The van der Waals surface area contributed by atoms with Crippen molar-refractivity contribution in [2.45, 2.75) is 50.0 Å². The van der Waals surface area contributed by atoms with Gasteiger partial charge in [-0.2, -0.15) is 0 Å². The summed E-state index contributed by atoms with van der Waals surface area (Å²) in [4.78, 5) is 3.98. The molecule has 0 radical (unpaired) electrons. The molecule has 1 fully saturated rings. The lowest BCUT2D eigenvalue weighted by atomic mass is 9.85. The van der Waals surface area contributed by atoms with Crippen LogP contribution in [0.15, 0.2) is 23.2 Å². The van der Waals surface area contributed by atoms with Crippen molar-refractivity contribution in [2.75, 3.05) is 0 Å². The molecular formula is C13H19ClN2O2S. The van der Waals surface area contributed by atoms with E-state index in [0.717, 1.165) is 12.8 Å². The van der Waals surface area contributed by atoms with E-state index in [0.29, 0.717) is 11.1 Å². The lowest BCUT2D eigenvalue weighted by Crippen LogP contribution is -2.38. The quantitative estimate of drug-likeness (QED) is 0.870. The molecule has 2 rings (SSSR count). The molecule has 0 aliphatic heterocycles. The Morgan fingerprint density at radius 1 is 1.32 bits per heavy atom. The number of nitrogens with one attached hydrogen (secondary N) is 1. The molecule has 1 unspecified atom stereocenters. The molecule has 0 spiro atoms. The molecule has 1 aromatic heterocycles. The van der Waals surface area contributed by atoms with Crippen molar-refractivity contribution in [2.24, 2.45) is 5.92 Å². The molecule has 1 aliphatic carbocycles. The van der Waals surface area contributed by atoms with Crippen LogP contribution in [0.25, 0.3) is 0 Å². The predicted molar refractivity (Wildman–Crippen MR) is 75.6 cm³/mol. The summed E-state index contributed by atoms with van der Waals surface area (Å²) in [5.41, 5.74) is 0. The lowest BCUT2D eigenvalue weighted by Gasteiger charge is -2.28. The summed E-state index contributed by atoms with van der Waals surface area (Å²) in [6.07, 6.45) is 7.14. The summed E-state index contributed by atoms with van der Waals surface area (Å²) in [5.74, 6) is 0.434. The molecule has 19 heavy (non-hydrogen) atoms. The van der Waals surface area contributed by atoms with E-state index < -0.39 is 10.0 Å². The topological polar surface area (TPSA) is 59.1 Å². The molecule has 6 heteroatoms. The van der Waals surface area contributed by atoms with E-state index in [9.17, 15) is 8.42 Å². The van der Waals surface area contributed by atoms with Gasteiger partial charge in [0.2, 0.25) is 10.0 Å². The van der Waals surface area contributed by atoms with Gasteiger partial charge in [-0.3, -0.25) is 0 Å². The highest BCUT2D eigenvalue weighted by atomic mass is 35.5. The van der Waals surface area contributed by atoms with Crippen LogP contribution in [-0.4, -0.2) is 19.4 Å². The molecule has 1 saturated carbocycles. The molecule has 1 aliphatic rings. The summed E-state index contributed by atoms with van der Waals surface area (Å²) in [5, 5.41) is 0.291. The van der Waals surface area contributed by atoms with E-state index in [4.69, 9.17) is 11.6 Å². The van der Waals surface area contributed by atoms with Gasteiger partial charge < -0.3 is 0 Å². The van der Waals surface area contributed by atoms with Crippen molar-refractivity contribution in [1.29, 1.82) is 0 Å². The van der Waals surface area contributed by atoms with Gasteiger partial charge in [-0.05, 0) is 37.8 Å². The number of hydrogen-bond acceptors (Lipinski definition) is 3. The summed E-state index contributed by atoms with van der Waals surface area (Å²) in [7, 11) is -3.50. The van der Waals surface area contributed by atoms with Crippen LogP contribution >= 0.6 is 11.6 Å². The Balaban J connectivity index is 2.05. The minimum Gasteiger partial charge on any atom is -0.243 e. The first-order valence-corrected chi connectivity index (χ1v) is 8.49. The molecule has 0 aromatic carbocycles. The highest BCUT2D eigenvalue weighted by Gasteiger charge is 2.25. The summed E-state index contributed by atoms with van der Waals surface area (Å²) >= 11 is 5.66. The number of rotatable bonds is 4. The molecule has 0 amide bonds. The molecule has 0 saturated heterocycles. The number of hydrogen-bond donors (Lipinski definition) is 1. The molecule has 1 atom stereocenters. The Morgan fingerprint density at radius 3 is 2.58 bits per heavy atom. The average Bonchev–Trinajstić information content (AvgIpc) is 2.40. The Bertz CT molecular complexity index is 510. The van der Waals surface area contributed by atoms with Crippen molar-refractivity contribution in [3.05, 3.63) is 23.5 Å². The fraction of sp³-hybridized carbons (Fsp3) is 0.615. The van der Waals surface area contributed by atoms with Crippen molar-refractivity contribution >= 4 is 21.6 Å². The number of nitrogens with zero attached hydrogens (tertiary/aromatic N) is 1. The third kappa shape index (κ3) is 3.91. The maximum absolute atomic E-state index is 12.2. The monoisotopic (exact) mass is 302 g/mol. The molecule has 0 bridgehead atoms. The summed E-state index contributed by atoms with van der Waals surface area (Å²) in [6, 6.07) is 2.92. The molecule has 1 N–H and O–H groups in total. The van der Waals surface area contributed by atoms with Crippen molar-refractivity contribution in [1.82, 2.24) is 9.71 Å². The van der Waals surface area contributed by atoms with Crippen molar-refractivity contribution < 1.29 is 8.42 Å². The molecular weight excluding hydrogens is 284 g/mol. The van der Waals surface area contributed by atoms with Gasteiger partial charge in [0.05, 0.1) is 0 Å². The van der Waals surface area contributed by atoms with Crippen molar-refractivity contribution in [3.8, 4) is 0 Å². The standard InChI is InChI=1S/C13H19ClN2O2S/c1-10(11-5-3-2-4-6-11)16-19(17,18)12-7-8-13(14)15-9-12/h7-11,16H,2-6H2,1H3. The second-order valence-corrected chi connectivity index (χ2v) is 7.23. The minimum absolute atomic E-state index is 0.0408. The van der Waals surface area contributed by atoms with Gasteiger partial charge in [0.25, 0.3) is 0 Å². The van der Waals surface area contributed by atoms with E-state index >= 15 is 0 Å². The third-order valence-corrected chi connectivity index (χ3v) is 5.48. The van der Waals surface area contributed by atoms with Crippen LogP contribution in [-0.2, 0) is 10.0 Å². The van der Waals surface area contributed by atoms with Crippen LogP contribution in [0.4, 0.5) is 0 Å². The zero-order valence-corrected chi connectivity index (χ0v) is 12.5. The Morgan fingerprint density at radius 2 is 2.00 bits per heavy atom. The Labute approximate surface area is 119 Å². The lowest BCUT2D eigenvalue weighted by molar-refractivity contribution is 0.303. The third-order valence-electron chi connectivity index (χ3n) is 3.71. The van der Waals surface area contributed by atoms with Crippen LogP contribution in [0.3, 0.4) is 0 Å². The number of aromatic nitrogens is 1.